The SMILES string of the molecule is CCCCc1cn(CC2CCN(C(=O)[C@H]3CC=CCC3)CC2)nn1. The Hall–Kier alpha value is -1.65. The molecule has 1 aromatic rings. The number of amides is 1. The molecule has 1 saturated heterocycles. The zero-order chi connectivity index (χ0) is 16.8. The van der Waals surface area contributed by atoms with E-state index < -0.39 is 0 Å². The minimum absolute atomic E-state index is 0.225. The Morgan fingerprint density at radius 2 is 2.08 bits per heavy atom. The highest BCUT2D eigenvalue weighted by Crippen LogP contribution is 2.25. The Morgan fingerprint density at radius 3 is 2.79 bits per heavy atom. The summed E-state index contributed by atoms with van der Waals surface area (Å²) >= 11 is 0. The van der Waals surface area contributed by atoms with Gasteiger partial charge in [0.25, 0.3) is 0 Å². The van der Waals surface area contributed by atoms with Gasteiger partial charge in [-0.25, -0.2) is 0 Å². The second-order valence-corrected chi connectivity index (χ2v) is 7.29. The predicted molar refractivity (Wildman–Crippen MR) is 94.4 cm³/mol. The molecule has 1 aromatic heterocycles. The zero-order valence-corrected chi connectivity index (χ0v) is 14.9. The van der Waals surface area contributed by atoms with Crippen LogP contribution in [-0.2, 0) is 17.8 Å². The van der Waals surface area contributed by atoms with Crippen LogP contribution >= 0.6 is 0 Å². The zero-order valence-electron chi connectivity index (χ0n) is 14.9. The monoisotopic (exact) mass is 330 g/mol. The van der Waals surface area contributed by atoms with E-state index in [9.17, 15) is 4.79 Å². The largest absolute Gasteiger partial charge is 0.342 e. The molecule has 0 spiro atoms. The highest BCUT2D eigenvalue weighted by molar-refractivity contribution is 5.79. The van der Waals surface area contributed by atoms with Crippen LogP contribution in [0.25, 0.3) is 0 Å². The van der Waals surface area contributed by atoms with E-state index in [2.05, 4.69) is 40.5 Å². The van der Waals surface area contributed by atoms with Crippen LogP contribution in [0.5, 0.6) is 0 Å². The summed E-state index contributed by atoms with van der Waals surface area (Å²) in [7, 11) is 0. The van der Waals surface area contributed by atoms with E-state index in [4.69, 9.17) is 0 Å². The molecular weight excluding hydrogens is 300 g/mol. The number of aromatic nitrogens is 3. The lowest BCUT2D eigenvalue weighted by Gasteiger charge is -2.34. The maximum Gasteiger partial charge on any atom is 0.226 e. The normalized spacial score (nSPS) is 22.0. The average molecular weight is 330 g/mol. The van der Waals surface area contributed by atoms with Crippen LogP contribution in [0.2, 0.25) is 0 Å². The van der Waals surface area contributed by atoms with Gasteiger partial charge in [-0.2, -0.15) is 0 Å². The lowest BCUT2D eigenvalue weighted by molar-refractivity contribution is -0.137. The summed E-state index contributed by atoms with van der Waals surface area (Å²) < 4.78 is 2.00. The number of carbonyl (C=O) groups excluding carboxylic acids is 1. The van der Waals surface area contributed by atoms with Crippen molar-refractivity contribution in [1.29, 1.82) is 0 Å². The van der Waals surface area contributed by atoms with Crippen molar-refractivity contribution < 1.29 is 4.79 Å². The molecule has 5 heteroatoms. The van der Waals surface area contributed by atoms with Gasteiger partial charge in [0.1, 0.15) is 0 Å². The van der Waals surface area contributed by atoms with E-state index in [1.165, 1.54) is 12.8 Å². The Labute approximate surface area is 145 Å². The number of aryl methyl sites for hydroxylation is 1. The minimum Gasteiger partial charge on any atom is -0.342 e. The molecule has 2 aliphatic rings. The lowest BCUT2D eigenvalue weighted by Crippen LogP contribution is -2.42. The number of hydrogen-bond donors (Lipinski definition) is 0. The number of hydrogen-bond acceptors (Lipinski definition) is 3. The van der Waals surface area contributed by atoms with Crippen LogP contribution in [0.15, 0.2) is 18.3 Å². The fraction of sp³-hybridized carbons (Fsp3) is 0.737. The van der Waals surface area contributed by atoms with Gasteiger partial charge in [-0.3, -0.25) is 9.48 Å². The second-order valence-electron chi connectivity index (χ2n) is 7.29. The number of rotatable bonds is 6. The maximum atomic E-state index is 12.6. The predicted octanol–water partition coefficient (Wildman–Crippen LogP) is 3.22. The van der Waals surface area contributed by atoms with Crippen LogP contribution in [0, 0.1) is 11.8 Å². The number of nitrogens with zero attached hydrogens (tertiary/aromatic N) is 4. The molecule has 1 aliphatic carbocycles. The number of carbonyl (C=O) groups is 1. The van der Waals surface area contributed by atoms with Gasteiger partial charge in [0.15, 0.2) is 0 Å². The van der Waals surface area contributed by atoms with Gasteiger partial charge in [-0.15, -0.1) is 5.10 Å². The molecule has 0 aromatic carbocycles. The van der Waals surface area contributed by atoms with Gasteiger partial charge in [0, 0.05) is 31.7 Å². The molecule has 1 fully saturated rings. The quantitative estimate of drug-likeness (QED) is 0.753. The number of unbranched alkanes of at least 4 members (excludes halogenated alkanes) is 1. The summed E-state index contributed by atoms with van der Waals surface area (Å²) in [4.78, 5) is 14.7. The van der Waals surface area contributed by atoms with Crippen LogP contribution in [0.3, 0.4) is 0 Å². The smallest absolute Gasteiger partial charge is 0.226 e. The first-order valence-electron chi connectivity index (χ1n) is 9.59. The molecule has 0 unspecified atom stereocenters. The third-order valence-electron chi connectivity index (χ3n) is 5.36. The van der Waals surface area contributed by atoms with E-state index >= 15 is 0 Å². The topological polar surface area (TPSA) is 51.0 Å². The van der Waals surface area contributed by atoms with Crippen molar-refractivity contribution in [1.82, 2.24) is 19.9 Å². The first-order chi connectivity index (χ1) is 11.8. The lowest BCUT2D eigenvalue weighted by atomic mass is 9.91. The van der Waals surface area contributed by atoms with Gasteiger partial charge in [-0.1, -0.05) is 30.7 Å². The molecule has 24 heavy (non-hydrogen) atoms. The number of likely N-dealkylation sites (tertiary alicyclic amines) is 1. The molecule has 1 atom stereocenters. The molecule has 0 saturated carbocycles. The molecular formula is C19H30N4O. The molecule has 5 nitrogen and oxygen atoms in total. The van der Waals surface area contributed by atoms with Gasteiger partial charge in [0.2, 0.25) is 5.91 Å². The number of piperidine rings is 1. The van der Waals surface area contributed by atoms with Gasteiger partial charge >= 0.3 is 0 Å². The van der Waals surface area contributed by atoms with E-state index in [0.717, 1.165) is 63.9 Å². The van der Waals surface area contributed by atoms with Crippen molar-refractivity contribution in [2.24, 2.45) is 11.8 Å². The molecule has 1 amide bonds. The Morgan fingerprint density at radius 1 is 1.25 bits per heavy atom. The summed E-state index contributed by atoms with van der Waals surface area (Å²) in [6, 6.07) is 0. The highest BCUT2D eigenvalue weighted by atomic mass is 16.2. The Balaban J connectivity index is 1.44. The van der Waals surface area contributed by atoms with E-state index in [-0.39, 0.29) is 5.92 Å². The first-order valence-corrected chi connectivity index (χ1v) is 9.59. The summed E-state index contributed by atoms with van der Waals surface area (Å²) in [6.45, 7) is 4.94. The summed E-state index contributed by atoms with van der Waals surface area (Å²) in [6.07, 6.45) is 15.0. The fourth-order valence-corrected chi connectivity index (χ4v) is 3.78. The summed E-state index contributed by atoms with van der Waals surface area (Å²) in [5.74, 6) is 1.21. The highest BCUT2D eigenvalue weighted by Gasteiger charge is 2.28. The molecule has 0 bridgehead atoms. The summed E-state index contributed by atoms with van der Waals surface area (Å²) in [5.41, 5.74) is 1.11. The van der Waals surface area contributed by atoms with Crippen molar-refractivity contribution in [3.8, 4) is 0 Å². The van der Waals surface area contributed by atoms with Crippen LogP contribution < -0.4 is 0 Å². The van der Waals surface area contributed by atoms with Crippen molar-refractivity contribution in [3.05, 3.63) is 24.0 Å². The van der Waals surface area contributed by atoms with E-state index in [1.54, 1.807) is 0 Å². The third-order valence-corrected chi connectivity index (χ3v) is 5.36. The third kappa shape index (κ3) is 4.46. The summed E-state index contributed by atoms with van der Waals surface area (Å²) in [5, 5.41) is 8.53. The van der Waals surface area contributed by atoms with Crippen molar-refractivity contribution in [2.75, 3.05) is 13.1 Å². The van der Waals surface area contributed by atoms with Gasteiger partial charge in [-0.05, 0) is 50.9 Å². The standard InChI is InChI=1S/C19H30N4O/c1-2-3-9-18-15-23(21-20-18)14-16-10-12-22(13-11-16)19(24)17-7-5-4-6-8-17/h4-5,15-17H,2-3,6-14H2,1H3/t17-/m0/s1. The fourth-order valence-electron chi connectivity index (χ4n) is 3.78. The maximum absolute atomic E-state index is 12.6. The molecule has 1 aliphatic heterocycles. The first kappa shape index (κ1) is 17.2. The Bertz CT molecular complexity index is 557. The van der Waals surface area contributed by atoms with Crippen LogP contribution in [-0.4, -0.2) is 38.9 Å². The van der Waals surface area contributed by atoms with E-state index in [1.807, 2.05) is 4.68 Å². The Kier molecular flexibility index (Phi) is 6.05. The van der Waals surface area contributed by atoms with Crippen molar-refractivity contribution in [3.63, 3.8) is 0 Å². The molecule has 0 N–H and O–H groups in total. The van der Waals surface area contributed by atoms with E-state index in [0.29, 0.717) is 11.8 Å². The second kappa shape index (κ2) is 8.45. The van der Waals surface area contributed by atoms with Crippen molar-refractivity contribution in [2.45, 2.75) is 64.8 Å². The van der Waals surface area contributed by atoms with Gasteiger partial charge < -0.3 is 4.90 Å². The number of allylic oxidation sites excluding steroid dienone is 2. The molecule has 3 rings (SSSR count). The minimum atomic E-state index is 0.225. The molecule has 2 heterocycles. The van der Waals surface area contributed by atoms with Crippen LogP contribution in [0.4, 0.5) is 0 Å². The average Bonchev–Trinajstić information content (AvgIpc) is 3.08. The molecule has 132 valence electrons. The molecule has 0 radical (unpaired) electrons. The van der Waals surface area contributed by atoms with Crippen molar-refractivity contribution >= 4 is 5.91 Å². The van der Waals surface area contributed by atoms with Crippen LogP contribution in [0.1, 0.15) is 57.6 Å². The van der Waals surface area contributed by atoms with Gasteiger partial charge in [0.05, 0.1) is 5.69 Å².